The number of nitrogens with zero attached hydrogens (tertiary/aromatic N) is 4. The van der Waals surface area contributed by atoms with Crippen LogP contribution >= 0.6 is 22.9 Å². The summed E-state index contributed by atoms with van der Waals surface area (Å²) in [5.74, 6) is 0.294. The quantitative estimate of drug-likeness (QED) is 0.549. The van der Waals surface area contributed by atoms with Crippen LogP contribution in [0.4, 0.5) is 5.69 Å². The molecule has 0 saturated heterocycles. The lowest BCUT2D eigenvalue weighted by atomic mass is 10.2. The van der Waals surface area contributed by atoms with Gasteiger partial charge in [0, 0.05) is 33.9 Å². The molecule has 0 aliphatic carbocycles. The highest BCUT2D eigenvalue weighted by atomic mass is 35.5. The first-order chi connectivity index (χ1) is 13.1. The molecule has 134 valence electrons. The first kappa shape index (κ1) is 17.1. The molecular formula is C17H11ClN6O2S. The molecule has 4 rings (SSSR count). The Morgan fingerprint density at radius 1 is 1.26 bits per heavy atom. The molecular weight excluding hydrogens is 388 g/mol. The summed E-state index contributed by atoms with van der Waals surface area (Å²) in [5.41, 5.74) is 2.58. The van der Waals surface area contributed by atoms with Crippen molar-refractivity contribution in [2.75, 3.05) is 5.32 Å². The Morgan fingerprint density at radius 2 is 2.15 bits per heavy atom. The van der Waals surface area contributed by atoms with E-state index in [9.17, 15) is 9.59 Å². The molecule has 0 aliphatic rings. The zero-order chi connectivity index (χ0) is 18.8. The van der Waals surface area contributed by atoms with E-state index in [2.05, 4.69) is 25.5 Å². The average Bonchev–Trinajstić information content (AvgIpc) is 3.34. The fourth-order valence-electron chi connectivity index (χ4n) is 2.37. The van der Waals surface area contributed by atoms with Crippen LogP contribution in [-0.2, 0) is 0 Å². The molecule has 0 unspecified atom stereocenters. The van der Waals surface area contributed by atoms with Crippen LogP contribution in [0.1, 0.15) is 10.5 Å². The maximum atomic E-state index is 12.4. The summed E-state index contributed by atoms with van der Waals surface area (Å²) in [4.78, 5) is 32.7. The van der Waals surface area contributed by atoms with Gasteiger partial charge in [-0.15, -0.1) is 16.4 Å². The van der Waals surface area contributed by atoms with Crippen LogP contribution in [0.3, 0.4) is 0 Å². The molecule has 0 radical (unpaired) electrons. The highest BCUT2D eigenvalue weighted by Gasteiger charge is 2.12. The Kier molecular flexibility index (Phi) is 4.53. The summed E-state index contributed by atoms with van der Waals surface area (Å²) in [6.45, 7) is 0. The third-order valence-corrected chi connectivity index (χ3v) is 4.45. The van der Waals surface area contributed by atoms with E-state index in [1.165, 1.54) is 28.2 Å². The Balaban J connectivity index is 1.58. The van der Waals surface area contributed by atoms with Crippen molar-refractivity contribution in [3.8, 4) is 17.3 Å². The maximum Gasteiger partial charge on any atom is 0.275 e. The number of carbonyl (C=O) groups excluding carboxylic acids is 1. The van der Waals surface area contributed by atoms with Crippen LogP contribution in [0.15, 0.2) is 58.3 Å². The van der Waals surface area contributed by atoms with E-state index in [1.54, 1.807) is 35.2 Å². The second-order valence-electron chi connectivity index (χ2n) is 5.45. The summed E-state index contributed by atoms with van der Waals surface area (Å²) in [7, 11) is 0. The number of amides is 1. The Hall–Kier alpha value is -3.30. The van der Waals surface area contributed by atoms with Gasteiger partial charge in [0.05, 0.1) is 5.51 Å². The molecule has 8 nitrogen and oxygen atoms in total. The number of rotatable bonds is 4. The lowest BCUT2D eigenvalue weighted by Crippen LogP contribution is -2.20. The van der Waals surface area contributed by atoms with Gasteiger partial charge >= 0.3 is 0 Å². The van der Waals surface area contributed by atoms with Crippen molar-refractivity contribution in [2.45, 2.75) is 0 Å². The van der Waals surface area contributed by atoms with E-state index in [0.717, 1.165) is 5.56 Å². The molecule has 0 atom stereocenters. The number of nitrogens with one attached hydrogen (secondary N) is 2. The van der Waals surface area contributed by atoms with Gasteiger partial charge in [0.25, 0.3) is 17.4 Å². The lowest BCUT2D eigenvalue weighted by Gasteiger charge is -2.04. The largest absolute Gasteiger partial charge is 0.320 e. The number of hydrogen-bond donors (Lipinski definition) is 2. The van der Waals surface area contributed by atoms with Crippen molar-refractivity contribution in [2.24, 2.45) is 0 Å². The van der Waals surface area contributed by atoms with Crippen LogP contribution < -0.4 is 10.9 Å². The van der Waals surface area contributed by atoms with E-state index in [1.807, 2.05) is 6.07 Å². The van der Waals surface area contributed by atoms with Crippen LogP contribution in [0.2, 0.25) is 5.02 Å². The molecule has 4 aromatic rings. The molecule has 0 spiro atoms. The first-order valence-electron chi connectivity index (χ1n) is 7.71. The molecule has 2 N–H and O–H groups in total. The SMILES string of the molecule is O=C(Nc1ccn(-c2n[nH]c(-c3cccc(Cl)c3)n2)c(=O)c1)c1cscn1. The lowest BCUT2D eigenvalue weighted by molar-refractivity contribution is 0.102. The zero-order valence-corrected chi connectivity index (χ0v) is 15.2. The molecule has 27 heavy (non-hydrogen) atoms. The number of H-pyrrole nitrogens is 1. The Morgan fingerprint density at radius 3 is 2.89 bits per heavy atom. The molecule has 0 fully saturated rings. The molecule has 1 aromatic carbocycles. The van der Waals surface area contributed by atoms with Crippen LogP contribution in [-0.4, -0.2) is 30.6 Å². The minimum atomic E-state index is -0.386. The van der Waals surface area contributed by atoms with Gasteiger partial charge in [-0.05, 0) is 18.2 Å². The molecule has 3 heterocycles. The number of benzene rings is 1. The van der Waals surface area contributed by atoms with Crippen LogP contribution in [0.25, 0.3) is 17.3 Å². The monoisotopic (exact) mass is 398 g/mol. The fourth-order valence-corrected chi connectivity index (χ4v) is 3.09. The van der Waals surface area contributed by atoms with Crippen molar-refractivity contribution in [3.05, 3.63) is 74.6 Å². The number of thiazole rings is 1. The summed E-state index contributed by atoms with van der Waals surface area (Å²) in [6, 6.07) is 10.00. The van der Waals surface area contributed by atoms with E-state index < -0.39 is 0 Å². The first-order valence-corrected chi connectivity index (χ1v) is 9.03. The third-order valence-electron chi connectivity index (χ3n) is 3.63. The van der Waals surface area contributed by atoms with Crippen LogP contribution in [0, 0.1) is 0 Å². The fraction of sp³-hybridized carbons (Fsp3) is 0. The highest BCUT2D eigenvalue weighted by Crippen LogP contribution is 2.19. The zero-order valence-electron chi connectivity index (χ0n) is 13.6. The van der Waals surface area contributed by atoms with Gasteiger partial charge in [-0.2, -0.15) is 4.98 Å². The van der Waals surface area contributed by atoms with Gasteiger partial charge in [-0.25, -0.2) is 4.98 Å². The second kappa shape index (κ2) is 7.14. The molecule has 0 aliphatic heterocycles. The van der Waals surface area contributed by atoms with E-state index >= 15 is 0 Å². The number of halogens is 1. The number of anilines is 1. The summed E-state index contributed by atoms with van der Waals surface area (Å²) in [6.07, 6.45) is 1.49. The predicted molar refractivity (Wildman–Crippen MR) is 102 cm³/mol. The second-order valence-corrected chi connectivity index (χ2v) is 6.60. The van der Waals surface area contributed by atoms with Gasteiger partial charge in [-0.3, -0.25) is 19.3 Å². The molecule has 1 amide bonds. The van der Waals surface area contributed by atoms with Crippen molar-refractivity contribution < 1.29 is 4.79 Å². The molecule has 3 aromatic heterocycles. The number of aromatic nitrogens is 5. The van der Waals surface area contributed by atoms with E-state index in [-0.39, 0.29) is 17.4 Å². The normalized spacial score (nSPS) is 10.7. The van der Waals surface area contributed by atoms with Gasteiger partial charge in [-0.1, -0.05) is 23.7 Å². The van der Waals surface area contributed by atoms with Crippen molar-refractivity contribution in [3.63, 3.8) is 0 Å². The standard InChI is InChI=1S/C17H11ClN6O2S/c18-11-3-1-2-10(6-11)15-21-17(23-22-15)24-5-4-12(7-14(24)25)20-16(26)13-8-27-9-19-13/h1-9H,(H,20,26)(H,21,22,23). The Bertz CT molecular complexity index is 1170. The average molecular weight is 399 g/mol. The summed E-state index contributed by atoms with van der Waals surface area (Å²) >= 11 is 7.30. The number of carbonyl (C=O) groups is 1. The van der Waals surface area contributed by atoms with Gasteiger partial charge in [0.2, 0.25) is 0 Å². The number of hydrogen-bond acceptors (Lipinski definition) is 6. The minimum absolute atomic E-state index is 0.187. The van der Waals surface area contributed by atoms with Gasteiger partial charge in [0.1, 0.15) is 5.69 Å². The number of pyridine rings is 1. The van der Waals surface area contributed by atoms with Gasteiger partial charge in [0.15, 0.2) is 5.82 Å². The summed E-state index contributed by atoms with van der Waals surface area (Å²) < 4.78 is 1.27. The molecule has 0 bridgehead atoms. The highest BCUT2D eigenvalue weighted by molar-refractivity contribution is 7.07. The maximum absolute atomic E-state index is 12.4. The third kappa shape index (κ3) is 3.64. The molecule has 10 heteroatoms. The topological polar surface area (TPSA) is 106 Å². The van der Waals surface area contributed by atoms with Crippen LogP contribution in [0.5, 0.6) is 0 Å². The van der Waals surface area contributed by atoms with Crippen molar-refractivity contribution in [1.82, 2.24) is 24.7 Å². The van der Waals surface area contributed by atoms with E-state index in [0.29, 0.717) is 22.2 Å². The molecule has 0 saturated carbocycles. The van der Waals surface area contributed by atoms with E-state index in [4.69, 9.17) is 11.6 Å². The Labute approximate surface area is 161 Å². The van der Waals surface area contributed by atoms with Crippen molar-refractivity contribution >= 4 is 34.5 Å². The number of aromatic amines is 1. The smallest absolute Gasteiger partial charge is 0.275 e. The minimum Gasteiger partial charge on any atom is -0.320 e. The van der Waals surface area contributed by atoms with Crippen molar-refractivity contribution in [1.29, 1.82) is 0 Å². The van der Waals surface area contributed by atoms with Gasteiger partial charge < -0.3 is 5.32 Å². The summed E-state index contributed by atoms with van der Waals surface area (Å²) in [5, 5.41) is 11.7. The predicted octanol–water partition coefficient (Wildman–Crippen LogP) is 2.98.